The Morgan fingerprint density at radius 2 is 2.33 bits per heavy atom. The van der Waals surface area contributed by atoms with Crippen molar-refractivity contribution in [2.24, 2.45) is 0 Å². The van der Waals surface area contributed by atoms with Gasteiger partial charge in [0.05, 0.1) is 0 Å². The van der Waals surface area contributed by atoms with E-state index < -0.39 is 12.0 Å². The van der Waals surface area contributed by atoms with Gasteiger partial charge in [0.25, 0.3) is 0 Å². The maximum Gasteiger partial charge on any atom is 0.320 e. The van der Waals surface area contributed by atoms with Gasteiger partial charge in [0.1, 0.15) is 6.04 Å². The van der Waals surface area contributed by atoms with Crippen molar-refractivity contribution < 1.29 is 9.90 Å². The molecule has 1 rings (SSSR count). The van der Waals surface area contributed by atoms with Gasteiger partial charge in [-0.1, -0.05) is 27.5 Å². The average Bonchev–Trinajstić information content (AvgIpc) is 2.18. The highest BCUT2D eigenvalue weighted by atomic mass is 79.9. The Morgan fingerprint density at radius 1 is 1.67 bits per heavy atom. The standard InChI is InChI=1S/C10H11BrClNO2/c1-6(10(14)15)13-5-7-4-8(12)2-3-9(7)11/h2-4,6,13H,5H2,1H3,(H,14,15). The van der Waals surface area contributed by atoms with E-state index >= 15 is 0 Å². The number of nitrogens with one attached hydrogen (secondary N) is 1. The smallest absolute Gasteiger partial charge is 0.320 e. The third-order valence-corrected chi connectivity index (χ3v) is 2.99. The molecule has 1 aromatic carbocycles. The predicted molar refractivity (Wildman–Crippen MR) is 63.1 cm³/mol. The molecular weight excluding hydrogens is 281 g/mol. The number of hydrogen-bond donors (Lipinski definition) is 2. The van der Waals surface area contributed by atoms with Gasteiger partial charge >= 0.3 is 5.97 Å². The average molecular weight is 293 g/mol. The first-order chi connectivity index (χ1) is 7.00. The van der Waals surface area contributed by atoms with Crippen molar-refractivity contribution in [1.29, 1.82) is 0 Å². The molecule has 0 saturated heterocycles. The summed E-state index contributed by atoms with van der Waals surface area (Å²) in [6.45, 7) is 2.06. The van der Waals surface area contributed by atoms with Crippen molar-refractivity contribution in [1.82, 2.24) is 5.32 Å². The number of rotatable bonds is 4. The van der Waals surface area contributed by atoms with Crippen LogP contribution in [0.5, 0.6) is 0 Å². The van der Waals surface area contributed by atoms with Crippen molar-refractivity contribution in [2.75, 3.05) is 0 Å². The Balaban J connectivity index is 2.65. The van der Waals surface area contributed by atoms with E-state index in [0.29, 0.717) is 11.6 Å². The first kappa shape index (κ1) is 12.5. The second kappa shape index (κ2) is 5.49. The maximum absolute atomic E-state index is 10.6. The number of hydrogen-bond acceptors (Lipinski definition) is 2. The zero-order chi connectivity index (χ0) is 11.4. The summed E-state index contributed by atoms with van der Waals surface area (Å²) in [6.07, 6.45) is 0. The molecule has 0 saturated carbocycles. The highest BCUT2D eigenvalue weighted by molar-refractivity contribution is 9.10. The van der Waals surface area contributed by atoms with Gasteiger partial charge in [-0.05, 0) is 30.7 Å². The second-order valence-corrected chi connectivity index (χ2v) is 4.47. The van der Waals surface area contributed by atoms with Crippen molar-refractivity contribution in [3.8, 4) is 0 Å². The summed E-state index contributed by atoms with van der Waals surface area (Å²) in [5, 5.41) is 12.2. The number of carboxylic acids is 1. The fourth-order valence-corrected chi connectivity index (χ4v) is 1.61. The van der Waals surface area contributed by atoms with Gasteiger partial charge in [0, 0.05) is 16.0 Å². The van der Waals surface area contributed by atoms with E-state index in [2.05, 4.69) is 21.2 Å². The third kappa shape index (κ3) is 3.81. The van der Waals surface area contributed by atoms with E-state index in [1.54, 1.807) is 19.1 Å². The molecule has 1 unspecified atom stereocenters. The van der Waals surface area contributed by atoms with Crippen molar-refractivity contribution in [3.63, 3.8) is 0 Å². The quantitative estimate of drug-likeness (QED) is 0.897. The molecule has 0 aromatic heterocycles. The number of aliphatic carboxylic acids is 1. The molecule has 1 aromatic rings. The predicted octanol–water partition coefficient (Wildman–Crippen LogP) is 2.67. The van der Waals surface area contributed by atoms with E-state index in [-0.39, 0.29) is 0 Å². The Morgan fingerprint density at radius 3 is 2.93 bits per heavy atom. The van der Waals surface area contributed by atoms with Gasteiger partial charge in [-0.25, -0.2) is 0 Å². The van der Waals surface area contributed by atoms with Crippen molar-refractivity contribution in [3.05, 3.63) is 33.3 Å². The van der Waals surface area contributed by atoms with Gasteiger partial charge in [-0.3, -0.25) is 4.79 Å². The molecule has 5 heteroatoms. The lowest BCUT2D eigenvalue weighted by Crippen LogP contribution is -2.33. The number of carbonyl (C=O) groups is 1. The molecule has 0 amide bonds. The molecule has 1 atom stereocenters. The van der Waals surface area contributed by atoms with Crippen LogP contribution in [-0.4, -0.2) is 17.1 Å². The summed E-state index contributed by atoms with van der Waals surface area (Å²) in [4.78, 5) is 10.6. The van der Waals surface area contributed by atoms with Crippen LogP contribution in [0.15, 0.2) is 22.7 Å². The summed E-state index contributed by atoms with van der Waals surface area (Å²) in [5.41, 5.74) is 0.940. The lowest BCUT2D eigenvalue weighted by Gasteiger charge is -2.10. The highest BCUT2D eigenvalue weighted by Crippen LogP contribution is 2.20. The number of benzene rings is 1. The Bertz CT molecular complexity index is 370. The van der Waals surface area contributed by atoms with Crippen LogP contribution < -0.4 is 5.32 Å². The van der Waals surface area contributed by atoms with Crippen LogP contribution in [0.1, 0.15) is 12.5 Å². The minimum absolute atomic E-state index is 0.467. The Labute approximate surface area is 102 Å². The fraction of sp³-hybridized carbons (Fsp3) is 0.300. The molecule has 0 heterocycles. The van der Waals surface area contributed by atoms with Crippen LogP contribution in [-0.2, 0) is 11.3 Å². The summed E-state index contributed by atoms with van der Waals surface area (Å²) >= 11 is 9.20. The lowest BCUT2D eigenvalue weighted by atomic mass is 10.2. The minimum atomic E-state index is -0.867. The van der Waals surface area contributed by atoms with E-state index in [1.807, 2.05) is 6.07 Å². The van der Waals surface area contributed by atoms with E-state index in [1.165, 1.54) is 0 Å². The topological polar surface area (TPSA) is 49.3 Å². The first-order valence-corrected chi connectivity index (χ1v) is 5.58. The highest BCUT2D eigenvalue weighted by Gasteiger charge is 2.10. The van der Waals surface area contributed by atoms with Crippen LogP contribution >= 0.6 is 27.5 Å². The van der Waals surface area contributed by atoms with Crippen LogP contribution in [0.2, 0.25) is 5.02 Å². The van der Waals surface area contributed by atoms with Crippen LogP contribution in [0.4, 0.5) is 0 Å². The first-order valence-electron chi connectivity index (χ1n) is 4.41. The van der Waals surface area contributed by atoms with Gasteiger partial charge in [-0.15, -0.1) is 0 Å². The van der Waals surface area contributed by atoms with E-state index in [0.717, 1.165) is 10.0 Å². The summed E-state index contributed by atoms with van der Waals surface area (Å²) < 4.78 is 0.914. The Kier molecular flexibility index (Phi) is 4.57. The molecule has 3 nitrogen and oxygen atoms in total. The largest absolute Gasteiger partial charge is 0.480 e. The van der Waals surface area contributed by atoms with Gasteiger partial charge in [0.2, 0.25) is 0 Å². The maximum atomic E-state index is 10.6. The zero-order valence-electron chi connectivity index (χ0n) is 8.13. The Hall–Kier alpha value is -0.580. The van der Waals surface area contributed by atoms with Crippen LogP contribution in [0.25, 0.3) is 0 Å². The molecule has 0 aliphatic carbocycles. The van der Waals surface area contributed by atoms with Gasteiger partial charge < -0.3 is 10.4 Å². The molecule has 0 bridgehead atoms. The molecule has 0 spiro atoms. The van der Waals surface area contributed by atoms with E-state index in [4.69, 9.17) is 16.7 Å². The lowest BCUT2D eigenvalue weighted by molar-refractivity contribution is -0.139. The van der Waals surface area contributed by atoms with Crippen LogP contribution in [0.3, 0.4) is 0 Å². The molecule has 0 aliphatic heterocycles. The summed E-state index contributed by atoms with van der Waals surface area (Å²) in [5.74, 6) is -0.867. The number of carboxylic acid groups (broad SMARTS) is 1. The molecular formula is C10H11BrClNO2. The van der Waals surface area contributed by atoms with E-state index in [9.17, 15) is 4.79 Å². The third-order valence-electron chi connectivity index (χ3n) is 1.98. The molecule has 0 fully saturated rings. The molecule has 2 N–H and O–H groups in total. The van der Waals surface area contributed by atoms with Gasteiger partial charge in [0.15, 0.2) is 0 Å². The minimum Gasteiger partial charge on any atom is -0.480 e. The van der Waals surface area contributed by atoms with Crippen molar-refractivity contribution >= 4 is 33.5 Å². The molecule has 0 radical (unpaired) electrons. The van der Waals surface area contributed by atoms with Crippen LogP contribution in [0, 0.1) is 0 Å². The summed E-state index contributed by atoms with van der Waals surface area (Å²) in [7, 11) is 0. The second-order valence-electron chi connectivity index (χ2n) is 3.18. The molecule has 15 heavy (non-hydrogen) atoms. The SMILES string of the molecule is CC(NCc1cc(Cl)ccc1Br)C(=O)O. The molecule has 82 valence electrons. The monoisotopic (exact) mass is 291 g/mol. The number of halogens is 2. The molecule has 0 aliphatic rings. The normalized spacial score (nSPS) is 12.5. The fourth-order valence-electron chi connectivity index (χ4n) is 1.03. The van der Waals surface area contributed by atoms with Gasteiger partial charge in [-0.2, -0.15) is 0 Å². The zero-order valence-corrected chi connectivity index (χ0v) is 10.5. The summed E-state index contributed by atoms with van der Waals surface area (Å²) in [6, 6.07) is 4.84. The van der Waals surface area contributed by atoms with Crippen molar-refractivity contribution in [2.45, 2.75) is 19.5 Å².